The molecule has 0 aliphatic carbocycles. The quantitative estimate of drug-likeness (QED) is 0.708. The lowest BCUT2D eigenvalue weighted by atomic mass is 10.2. The van der Waals surface area contributed by atoms with Gasteiger partial charge in [0, 0.05) is 18.1 Å². The average Bonchev–Trinajstić information content (AvgIpc) is 2.16. The summed E-state index contributed by atoms with van der Waals surface area (Å²) in [5.74, 6) is 1.23. The van der Waals surface area contributed by atoms with Crippen LogP contribution < -0.4 is 5.32 Å². The first kappa shape index (κ1) is 9.40. The van der Waals surface area contributed by atoms with Crippen LogP contribution in [0.15, 0.2) is 30.3 Å². The molecular weight excluding hydrogens is 170 g/mol. The van der Waals surface area contributed by atoms with Crippen molar-refractivity contribution in [3.05, 3.63) is 30.3 Å². The molecule has 1 atom stereocenters. The minimum Gasteiger partial charge on any atom is -0.385 e. The van der Waals surface area contributed by atoms with Gasteiger partial charge in [-0.05, 0) is 18.1 Å². The average molecular weight is 184 g/mol. The van der Waals surface area contributed by atoms with Crippen molar-refractivity contribution in [3.8, 4) is 0 Å². The molecule has 0 bridgehead atoms. The fourth-order valence-corrected chi connectivity index (χ4v) is 1.01. The number of rotatable bonds is 4. The largest absolute Gasteiger partial charge is 0.385 e. The summed E-state index contributed by atoms with van der Waals surface area (Å²) in [7, 11) is 0. The van der Waals surface area contributed by atoms with Crippen molar-refractivity contribution in [2.24, 2.45) is 5.92 Å². The molecule has 0 amide bonds. The highest BCUT2D eigenvalue weighted by Gasteiger charge is 1.97. The molecule has 66 valence electrons. The first-order valence-electron chi connectivity index (χ1n) is 4.18. The lowest BCUT2D eigenvalue weighted by molar-refractivity contribution is 0.696. The highest BCUT2D eigenvalue weighted by atomic mass is 35.5. The molecule has 1 rings (SSSR count). The molecule has 1 nitrogen and oxygen atoms in total. The molecule has 0 aromatic heterocycles. The van der Waals surface area contributed by atoms with Crippen molar-refractivity contribution in [2.45, 2.75) is 6.92 Å². The highest BCUT2D eigenvalue weighted by molar-refractivity contribution is 6.18. The SMILES string of the molecule is C[C@@H](CCl)CNc1ccccc1. The van der Waals surface area contributed by atoms with E-state index in [2.05, 4.69) is 24.4 Å². The van der Waals surface area contributed by atoms with Gasteiger partial charge in [0.2, 0.25) is 0 Å². The van der Waals surface area contributed by atoms with Crippen molar-refractivity contribution >= 4 is 17.3 Å². The Morgan fingerprint density at radius 1 is 1.33 bits per heavy atom. The second-order valence-corrected chi connectivity index (χ2v) is 3.32. The summed E-state index contributed by atoms with van der Waals surface area (Å²) in [6, 6.07) is 10.2. The van der Waals surface area contributed by atoms with Crippen LogP contribution in [0.2, 0.25) is 0 Å². The first-order valence-corrected chi connectivity index (χ1v) is 4.71. The smallest absolute Gasteiger partial charge is 0.0340 e. The van der Waals surface area contributed by atoms with Crippen LogP contribution in [0.3, 0.4) is 0 Å². The van der Waals surface area contributed by atoms with Crippen LogP contribution in [0.4, 0.5) is 5.69 Å². The Hall–Kier alpha value is -0.690. The monoisotopic (exact) mass is 183 g/mol. The van der Waals surface area contributed by atoms with Gasteiger partial charge in [0.05, 0.1) is 0 Å². The summed E-state index contributed by atoms with van der Waals surface area (Å²) in [5.41, 5.74) is 1.16. The van der Waals surface area contributed by atoms with Crippen molar-refractivity contribution in [1.29, 1.82) is 0 Å². The molecule has 0 aliphatic rings. The van der Waals surface area contributed by atoms with E-state index >= 15 is 0 Å². The fourth-order valence-electron chi connectivity index (χ4n) is 0.903. The summed E-state index contributed by atoms with van der Waals surface area (Å²) < 4.78 is 0. The number of anilines is 1. The zero-order chi connectivity index (χ0) is 8.81. The number of hydrogen-bond acceptors (Lipinski definition) is 1. The van der Waals surface area contributed by atoms with Gasteiger partial charge in [0.25, 0.3) is 0 Å². The number of nitrogens with one attached hydrogen (secondary N) is 1. The molecule has 0 saturated carbocycles. The van der Waals surface area contributed by atoms with Gasteiger partial charge in [-0.1, -0.05) is 25.1 Å². The number of benzene rings is 1. The molecular formula is C10H14ClN. The Bertz CT molecular complexity index is 210. The van der Waals surface area contributed by atoms with E-state index in [0.29, 0.717) is 11.8 Å². The van der Waals surface area contributed by atoms with Gasteiger partial charge >= 0.3 is 0 Å². The third kappa shape index (κ3) is 3.14. The molecule has 0 radical (unpaired) electrons. The van der Waals surface area contributed by atoms with E-state index in [0.717, 1.165) is 12.2 Å². The minimum atomic E-state index is 0.520. The van der Waals surface area contributed by atoms with E-state index in [1.54, 1.807) is 0 Å². The zero-order valence-corrected chi connectivity index (χ0v) is 8.01. The third-order valence-corrected chi connectivity index (χ3v) is 2.22. The van der Waals surface area contributed by atoms with E-state index in [9.17, 15) is 0 Å². The van der Waals surface area contributed by atoms with Gasteiger partial charge in [-0.3, -0.25) is 0 Å². The lowest BCUT2D eigenvalue weighted by Crippen LogP contribution is -2.11. The molecule has 0 unspecified atom stereocenters. The van der Waals surface area contributed by atoms with Gasteiger partial charge in [-0.25, -0.2) is 0 Å². The first-order chi connectivity index (χ1) is 5.83. The number of hydrogen-bond donors (Lipinski definition) is 1. The van der Waals surface area contributed by atoms with Gasteiger partial charge in [0.15, 0.2) is 0 Å². The molecule has 0 heterocycles. The molecule has 0 saturated heterocycles. The predicted molar refractivity (Wildman–Crippen MR) is 54.8 cm³/mol. The maximum absolute atomic E-state index is 5.68. The Kier molecular flexibility index (Phi) is 3.95. The summed E-state index contributed by atoms with van der Waals surface area (Å²) in [4.78, 5) is 0. The zero-order valence-electron chi connectivity index (χ0n) is 7.26. The van der Waals surface area contributed by atoms with Crippen molar-refractivity contribution in [2.75, 3.05) is 17.7 Å². The Morgan fingerprint density at radius 2 is 2.00 bits per heavy atom. The molecule has 0 spiro atoms. The van der Waals surface area contributed by atoms with E-state index in [1.807, 2.05) is 18.2 Å². The summed E-state index contributed by atoms with van der Waals surface area (Å²) in [5, 5.41) is 3.31. The van der Waals surface area contributed by atoms with Gasteiger partial charge in [0.1, 0.15) is 0 Å². The molecule has 2 heteroatoms. The van der Waals surface area contributed by atoms with Crippen LogP contribution >= 0.6 is 11.6 Å². The minimum absolute atomic E-state index is 0.520. The third-order valence-electron chi connectivity index (χ3n) is 1.69. The fraction of sp³-hybridized carbons (Fsp3) is 0.400. The Morgan fingerprint density at radius 3 is 2.58 bits per heavy atom. The second-order valence-electron chi connectivity index (χ2n) is 3.01. The number of halogens is 1. The molecule has 12 heavy (non-hydrogen) atoms. The van der Waals surface area contributed by atoms with Crippen LogP contribution in [-0.4, -0.2) is 12.4 Å². The van der Waals surface area contributed by atoms with Crippen LogP contribution in [0.25, 0.3) is 0 Å². The predicted octanol–water partition coefficient (Wildman–Crippen LogP) is 2.97. The molecule has 0 aliphatic heterocycles. The van der Waals surface area contributed by atoms with Gasteiger partial charge in [-0.2, -0.15) is 0 Å². The van der Waals surface area contributed by atoms with E-state index in [-0.39, 0.29) is 0 Å². The van der Waals surface area contributed by atoms with Crippen molar-refractivity contribution in [3.63, 3.8) is 0 Å². The Balaban J connectivity index is 2.33. The molecule has 1 aromatic rings. The van der Waals surface area contributed by atoms with Crippen molar-refractivity contribution in [1.82, 2.24) is 0 Å². The summed E-state index contributed by atoms with van der Waals surface area (Å²) in [6.45, 7) is 3.07. The van der Waals surface area contributed by atoms with Crippen LogP contribution in [-0.2, 0) is 0 Å². The van der Waals surface area contributed by atoms with E-state index in [4.69, 9.17) is 11.6 Å². The van der Waals surface area contributed by atoms with Crippen molar-refractivity contribution < 1.29 is 0 Å². The van der Waals surface area contributed by atoms with Gasteiger partial charge < -0.3 is 5.32 Å². The summed E-state index contributed by atoms with van der Waals surface area (Å²) in [6.07, 6.45) is 0. The highest BCUT2D eigenvalue weighted by Crippen LogP contribution is 2.06. The number of para-hydroxylation sites is 1. The lowest BCUT2D eigenvalue weighted by Gasteiger charge is -2.09. The standard InChI is InChI=1S/C10H14ClN/c1-9(7-11)8-12-10-5-3-2-4-6-10/h2-6,9,12H,7-8H2,1H3/t9-/m0/s1. The van der Waals surface area contributed by atoms with E-state index < -0.39 is 0 Å². The van der Waals surface area contributed by atoms with Crippen LogP contribution in [0.1, 0.15) is 6.92 Å². The number of alkyl halides is 1. The van der Waals surface area contributed by atoms with E-state index in [1.165, 1.54) is 0 Å². The molecule has 1 aromatic carbocycles. The summed E-state index contributed by atoms with van der Waals surface area (Å²) >= 11 is 5.68. The maximum Gasteiger partial charge on any atom is 0.0340 e. The van der Waals surface area contributed by atoms with Gasteiger partial charge in [-0.15, -0.1) is 11.6 Å². The Labute approximate surface area is 78.7 Å². The normalized spacial score (nSPS) is 12.5. The molecule has 0 fully saturated rings. The molecule has 1 N–H and O–H groups in total. The second kappa shape index (κ2) is 5.04. The maximum atomic E-state index is 5.68. The van der Waals surface area contributed by atoms with Crippen LogP contribution in [0.5, 0.6) is 0 Å². The van der Waals surface area contributed by atoms with Crippen LogP contribution in [0, 0.1) is 5.92 Å². The topological polar surface area (TPSA) is 12.0 Å².